The zero-order valence-corrected chi connectivity index (χ0v) is 14.1. The lowest BCUT2D eigenvalue weighted by molar-refractivity contribution is -0.115. The summed E-state index contributed by atoms with van der Waals surface area (Å²) < 4.78 is 39.7. The molecule has 0 saturated carbocycles. The van der Waals surface area contributed by atoms with Crippen molar-refractivity contribution in [3.8, 4) is 0 Å². The van der Waals surface area contributed by atoms with E-state index in [9.17, 15) is 22.8 Å². The number of aryl methyl sites for hydroxylation is 1. The summed E-state index contributed by atoms with van der Waals surface area (Å²) >= 11 is 0. The predicted octanol–water partition coefficient (Wildman–Crippen LogP) is 3.33. The van der Waals surface area contributed by atoms with Crippen LogP contribution in [0.4, 0.5) is 18.9 Å². The fourth-order valence-corrected chi connectivity index (χ4v) is 2.57. The van der Waals surface area contributed by atoms with Crippen LogP contribution in [0.25, 0.3) is 10.9 Å². The van der Waals surface area contributed by atoms with Crippen LogP contribution in [-0.2, 0) is 4.79 Å². The van der Waals surface area contributed by atoms with Crippen molar-refractivity contribution in [1.29, 1.82) is 0 Å². The lowest BCUT2D eigenvalue weighted by Gasteiger charge is -2.10. The number of carbonyl (C=O) groups is 2. The van der Waals surface area contributed by atoms with Crippen LogP contribution >= 0.6 is 0 Å². The van der Waals surface area contributed by atoms with Gasteiger partial charge in [0.2, 0.25) is 5.91 Å². The van der Waals surface area contributed by atoms with Gasteiger partial charge in [-0.25, -0.2) is 13.2 Å². The van der Waals surface area contributed by atoms with E-state index >= 15 is 0 Å². The number of fused-ring (bicyclic) bond motifs is 1. The van der Waals surface area contributed by atoms with Crippen molar-refractivity contribution in [2.24, 2.45) is 0 Å². The van der Waals surface area contributed by atoms with Gasteiger partial charge in [-0.1, -0.05) is 18.2 Å². The molecule has 0 bridgehead atoms. The highest BCUT2D eigenvalue weighted by Gasteiger charge is 2.17. The Kier molecular flexibility index (Phi) is 5.07. The molecule has 0 radical (unpaired) electrons. The maximum Gasteiger partial charge on any atom is 0.252 e. The summed E-state index contributed by atoms with van der Waals surface area (Å²) in [5, 5.41) is 5.12. The molecular weight excluding hydrogens is 359 g/mol. The number of carbonyl (C=O) groups excluding carboxylic acids is 2. The lowest BCUT2D eigenvalue weighted by Crippen LogP contribution is -2.33. The number of benzene rings is 2. The molecular formula is C19H14F3N3O2. The fraction of sp³-hybridized carbons (Fsp3) is 0.105. The largest absolute Gasteiger partial charge is 0.343 e. The summed E-state index contributed by atoms with van der Waals surface area (Å²) in [6.07, 6.45) is 0. The number of halogens is 3. The van der Waals surface area contributed by atoms with Crippen LogP contribution in [0, 0.1) is 24.4 Å². The Balaban J connectivity index is 1.71. The van der Waals surface area contributed by atoms with Gasteiger partial charge >= 0.3 is 0 Å². The number of hydrogen-bond donors (Lipinski definition) is 2. The zero-order chi connectivity index (χ0) is 19.6. The molecule has 8 heteroatoms. The Hall–Kier alpha value is -3.42. The molecule has 0 fully saturated rings. The summed E-state index contributed by atoms with van der Waals surface area (Å²) in [5.74, 6) is -5.86. The molecule has 138 valence electrons. The first-order valence-electron chi connectivity index (χ1n) is 7.94. The molecule has 5 nitrogen and oxygen atoms in total. The summed E-state index contributed by atoms with van der Waals surface area (Å²) in [7, 11) is 0. The molecule has 2 N–H and O–H groups in total. The van der Waals surface area contributed by atoms with E-state index in [1.54, 1.807) is 37.3 Å². The smallest absolute Gasteiger partial charge is 0.252 e. The Morgan fingerprint density at radius 2 is 1.78 bits per heavy atom. The molecule has 0 aliphatic rings. The third-order valence-corrected chi connectivity index (χ3v) is 3.81. The van der Waals surface area contributed by atoms with Crippen molar-refractivity contribution >= 4 is 28.4 Å². The van der Waals surface area contributed by atoms with Gasteiger partial charge in [0.05, 0.1) is 23.3 Å². The van der Waals surface area contributed by atoms with Gasteiger partial charge in [0, 0.05) is 11.1 Å². The van der Waals surface area contributed by atoms with E-state index in [2.05, 4.69) is 15.6 Å². The van der Waals surface area contributed by atoms with Gasteiger partial charge in [-0.05, 0) is 31.2 Å². The van der Waals surface area contributed by atoms with Crippen LogP contribution in [0.15, 0.2) is 42.5 Å². The van der Waals surface area contributed by atoms with Gasteiger partial charge in [-0.3, -0.25) is 14.6 Å². The topological polar surface area (TPSA) is 71.1 Å². The molecule has 1 aromatic heterocycles. The zero-order valence-electron chi connectivity index (χ0n) is 14.1. The van der Waals surface area contributed by atoms with Gasteiger partial charge in [0.25, 0.3) is 5.91 Å². The van der Waals surface area contributed by atoms with E-state index in [1.807, 2.05) is 0 Å². The number of nitrogens with one attached hydrogen (secondary N) is 2. The van der Waals surface area contributed by atoms with Crippen molar-refractivity contribution < 1.29 is 22.8 Å². The Bertz CT molecular complexity index is 1050. The van der Waals surface area contributed by atoms with Gasteiger partial charge in [-0.2, -0.15) is 0 Å². The molecule has 0 saturated heterocycles. The van der Waals surface area contributed by atoms with Gasteiger partial charge in [0.15, 0.2) is 17.5 Å². The first-order valence-corrected chi connectivity index (χ1v) is 7.94. The molecule has 0 spiro atoms. The maximum atomic E-state index is 13.6. The number of rotatable bonds is 4. The number of para-hydroxylation sites is 1. The average molecular weight is 373 g/mol. The highest BCUT2D eigenvalue weighted by molar-refractivity contribution is 6.07. The minimum absolute atomic E-state index is 0.338. The molecule has 0 aliphatic carbocycles. The second-order valence-corrected chi connectivity index (χ2v) is 5.78. The van der Waals surface area contributed by atoms with E-state index in [1.165, 1.54) is 0 Å². The molecule has 1 heterocycles. The number of hydrogen-bond acceptors (Lipinski definition) is 3. The average Bonchev–Trinajstić information content (AvgIpc) is 2.66. The van der Waals surface area contributed by atoms with Crippen molar-refractivity contribution in [2.45, 2.75) is 6.92 Å². The molecule has 27 heavy (non-hydrogen) atoms. The van der Waals surface area contributed by atoms with Crippen LogP contribution in [0.2, 0.25) is 0 Å². The maximum absolute atomic E-state index is 13.6. The Morgan fingerprint density at radius 3 is 2.56 bits per heavy atom. The molecule has 0 atom stereocenters. The fourth-order valence-electron chi connectivity index (χ4n) is 2.57. The van der Waals surface area contributed by atoms with Crippen molar-refractivity contribution in [3.63, 3.8) is 0 Å². The van der Waals surface area contributed by atoms with Gasteiger partial charge in [0.1, 0.15) is 0 Å². The van der Waals surface area contributed by atoms with Gasteiger partial charge in [-0.15, -0.1) is 0 Å². The van der Waals surface area contributed by atoms with Gasteiger partial charge < -0.3 is 10.6 Å². The highest BCUT2D eigenvalue weighted by atomic mass is 19.2. The van der Waals surface area contributed by atoms with Crippen LogP contribution in [0.3, 0.4) is 0 Å². The second-order valence-electron chi connectivity index (χ2n) is 5.78. The summed E-state index contributed by atoms with van der Waals surface area (Å²) in [4.78, 5) is 28.7. The minimum atomic E-state index is -1.68. The number of nitrogens with zero attached hydrogens (tertiary/aromatic N) is 1. The molecule has 3 aromatic rings. The summed E-state index contributed by atoms with van der Waals surface area (Å²) in [5.41, 5.74) is 1.09. The van der Waals surface area contributed by atoms with Crippen molar-refractivity contribution in [3.05, 3.63) is 71.2 Å². The second kappa shape index (κ2) is 7.45. The number of aromatic nitrogens is 1. The third-order valence-electron chi connectivity index (χ3n) is 3.81. The normalized spacial score (nSPS) is 10.7. The first kappa shape index (κ1) is 18.4. The van der Waals surface area contributed by atoms with E-state index in [-0.39, 0.29) is 0 Å². The Labute approximate surface area is 152 Å². The quantitative estimate of drug-likeness (QED) is 0.689. The minimum Gasteiger partial charge on any atom is -0.343 e. The lowest BCUT2D eigenvalue weighted by atomic mass is 10.1. The van der Waals surface area contributed by atoms with Crippen LogP contribution in [0.1, 0.15) is 16.1 Å². The predicted molar refractivity (Wildman–Crippen MR) is 93.8 cm³/mol. The van der Waals surface area contributed by atoms with Crippen LogP contribution < -0.4 is 10.6 Å². The monoisotopic (exact) mass is 373 g/mol. The molecule has 0 aliphatic heterocycles. The van der Waals surface area contributed by atoms with Crippen molar-refractivity contribution in [2.75, 3.05) is 11.9 Å². The molecule has 3 rings (SSSR count). The standard InChI is InChI=1S/C19H14F3N3O2/c1-10-8-12(11-4-2-3-5-14(11)24-10)19(27)23-9-16(26)25-15-7-6-13(20)17(21)18(15)22/h2-8H,9H2,1H3,(H,23,27)(H,25,26). The number of amides is 2. The molecule has 0 unspecified atom stereocenters. The first-order chi connectivity index (χ1) is 12.9. The number of anilines is 1. The molecule has 2 aromatic carbocycles. The third kappa shape index (κ3) is 3.89. The van der Waals surface area contributed by atoms with E-state index in [4.69, 9.17) is 0 Å². The van der Waals surface area contributed by atoms with E-state index < -0.39 is 41.5 Å². The summed E-state index contributed by atoms with van der Waals surface area (Å²) in [6, 6.07) is 10.2. The Morgan fingerprint density at radius 1 is 1.04 bits per heavy atom. The van der Waals surface area contributed by atoms with Crippen LogP contribution in [0.5, 0.6) is 0 Å². The van der Waals surface area contributed by atoms with Crippen molar-refractivity contribution in [1.82, 2.24) is 10.3 Å². The highest BCUT2D eigenvalue weighted by Crippen LogP contribution is 2.20. The van der Waals surface area contributed by atoms with Crippen LogP contribution in [-0.4, -0.2) is 23.3 Å². The van der Waals surface area contributed by atoms with E-state index in [0.29, 0.717) is 28.2 Å². The van der Waals surface area contributed by atoms with E-state index in [0.717, 1.165) is 6.07 Å². The number of pyridine rings is 1. The molecule has 2 amide bonds. The SMILES string of the molecule is Cc1cc(C(=O)NCC(=O)Nc2ccc(F)c(F)c2F)c2ccccc2n1. The summed E-state index contributed by atoms with van der Waals surface area (Å²) in [6.45, 7) is 1.26.